The number of hydrogen-bond acceptors (Lipinski definition) is 6. The summed E-state index contributed by atoms with van der Waals surface area (Å²) in [6, 6.07) is 3.45. The maximum atomic E-state index is 12.6. The lowest BCUT2D eigenvalue weighted by Gasteiger charge is -2.32. The van der Waals surface area contributed by atoms with Gasteiger partial charge in [0.25, 0.3) is 5.91 Å². The van der Waals surface area contributed by atoms with E-state index in [0.29, 0.717) is 18.8 Å². The number of carbonyl (C=O) groups is 1. The van der Waals surface area contributed by atoms with Crippen LogP contribution in [-0.2, 0) is 6.54 Å². The van der Waals surface area contributed by atoms with Gasteiger partial charge >= 0.3 is 0 Å². The summed E-state index contributed by atoms with van der Waals surface area (Å²) in [6.45, 7) is 2.12. The van der Waals surface area contributed by atoms with Gasteiger partial charge in [-0.15, -0.1) is 16.4 Å². The van der Waals surface area contributed by atoms with Crippen molar-refractivity contribution in [2.24, 2.45) is 0 Å². The molecule has 0 saturated carbocycles. The van der Waals surface area contributed by atoms with Crippen LogP contribution in [0, 0.1) is 0 Å². The lowest BCUT2D eigenvalue weighted by atomic mass is 9.96. The predicted molar refractivity (Wildman–Crippen MR) is 93.4 cm³/mol. The van der Waals surface area contributed by atoms with E-state index in [9.17, 15) is 4.79 Å². The van der Waals surface area contributed by atoms with Crippen molar-refractivity contribution in [3.05, 3.63) is 58.8 Å². The molecule has 8 heteroatoms. The second-order valence-corrected chi connectivity index (χ2v) is 6.81. The molecule has 1 aliphatic rings. The van der Waals surface area contributed by atoms with Gasteiger partial charge in [0.1, 0.15) is 5.82 Å². The van der Waals surface area contributed by atoms with Gasteiger partial charge in [-0.05, 0) is 25.0 Å². The highest BCUT2D eigenvalue weighted by molar-refractivity contribution is 7.07. The van der Waals surface area contributed by atoms with Gasteiger partial charge in [0.2, 0.25) is 0 Å². The van der Waals surface area contributed by atoms with Crippen molar-refractivity contribution in [1.82, 2.24) is 29.6 Å². The second kappa shape index (κ2) is 7.10. The van der Waals surface area contributed by atoms with Crippen LogP contribution in [0.1, 0.15) is 40.8 Å². The number of aromatic nitrogens is 5. The Morgan fingerprint density at radius 3 is 3.08 bits per heavy atom. The number of likely N-dealkylation sites (tertiary alicyclic amines) is 1. The highest BCUT2D eigenvalue weighted by Crippen LogP contribution is 2.27. The van der Waals surface area contributed by atoms with Crippen LogP contribution in [0.2, 0.25) is 0 Å². The number of amides is 1. The predicted octanol–water partition coefficient (Wildman–Crippen LogP) is 2.20. The molecule has 0 unspecified atom stereocenters. The fraction of sp³-hybridized carbons (Fsp3) is 0.353. The summed E-state index contributed by atoms with van der Waals surface area (Å²) in [6.07, 6.45) is 7.37. The van der Waals surface area contributed by atoms with E-state index in [1.807, 2.05) is 22.8 Å². The molecule has 0 radical (unpaired) electrons. The standard InChI is InChI=1S/C17H18N6OS/c24-17(15-4-1-5-20-21-15)23-7-2-3-13(9-23)16-18-6-8-22(16)10-14-11-25-12-19-14/h1,4-6,8,11-13H,2-3,7,9-10H2/t13-/m0/s1. The fourth-order valence-electron chi connectivity index (χ4n) is 3.25. The van der Waals surface area contributed by atoms with Gasteiger partial charge in [0.05, 0.1) is 17.7 Å². The van der Waals surface area contributed by atoms with Crippen LogP contribution in [0.3, 0.4) is 0 Å². The molecule has 0 bridgehead atoms. The molecule has 0 N–H and O–H groups in total. The molecule has 3 aromatic heterocycles. The molecule has 1 aliphatic heterocycles. The van der Waals surface area contributed by atoms with Crippen LogP contribution in [0.5, 0.6) is 0 Å². The molecule has 0 aromatic carbocycles. The summed E-state index contributed by atoms with van der Waals surface area (Å²) in [5.74, 6) is 1.18. The van der Waals surface area contributed by atoms with Gasteiger partial charge in [-0.3, -0.25) is 4.79 Å². The first kappa shape index (κ1) is 15.9. The van der Waals surface area contributed by atoms with Crippen LogP contribution < -0.4 is 0 Å². The van der Waals surface area contributed by atoms with Crippen LogP contribution in [0.25, 0.3) is 0 Å². The Morgan fingerprint density at radius 1 is 1.32 bits per heavy atom. The van der Waals surface area contributed by atoms with E-state index in [0.717, 1.165) is 30.9 Å². The maximum absolute atomic E-state index is 12.6. The number of thiazole rings is 1. The number of carbonyl (C=O) groups excluding carboxylic acids is 1. The van der Waals surface area contributed by atoms with Crippen LogP contribution in [0.15, 0.2) is 41.6 Å². The van der Waals surface area contributed by atoms with Gasteiger partial charge in [-0.2, -0.15) is 5.10 Å². The third-order valence-electron chi connectivity index (χ3n) is 4.43. The molecule has 1 saturated heterocycles. The minimum absolute atomic E-state index is 0.0598. The van der Waals surface area contributed by atoms with Crippen molar-refractivity contribution in [3.8, 4) is 0 Å². The Balaban J connectivity index is 1.50. The van der Waals surface area contributed by atoms with E-state index in [4.69, 9.17) is 0 Å². The average Bonchev–Trinajstić information content (AvgIpc) is 3.34. The van der Waals surface area contributed by atoms with E-state index in [1.165, 1.54) is 0 Å². The average molecular weight is 354 g/mol. The van der Waals surface area contributed by atoms with Crippen molar-refractivity contribution >= 4 is 17.2 Å². The molecular formula is C17H18N6OS. The lowest BCUT2D eigenvalue weighted by Crippen LogP contribution is -2.40. The highest BCUT2D eigenvalue weighted by Gasteiger charge is 2.28. The van der Waals surface area contributed by atoms with Crippen LogP contribution >= 0.6 is 11.3 Å². The second-order valence-electron chi connectivity index (χ2n) is 6.09. The summed E-state index contributed by atoms with van der Waals surface area (Å²) >= 11 is 1.59. The quantitative estimate of drug-likeness (QED) is 0.718. The molecule has 4 rings (SSSR count). The van der Waals surface area contributed by atoms with Gasteiger partial charge in [-0.25, -0.2) is 9.97 Å². The molecule has 1 amide bonds. The molecule has 7 nitrogen and oxygen atoms in total. The molecule has 0 spiro atoms. The first-order valence-corrected chi connectivity index (χ1v) is 9.20. The first-order valence-electron chi connectivity index (χ1n) is 8.26. The number of piperidine rings is 1. The van der Waals surface area contributed by atoms with Crippen molar-refractivity contribution in [1.29, 1.82) is 0 Å². The summed E-state index contributed by atoms with van der Waals surface area (Å²) in [7, 11) is 0. The van der Waals surface area contributed by atoms with E-state index >= 15 is 0 Å². The van der Waals surface area contributed by atoms with E-state index in [2.05, 4.69) is 30.1 Å². The minimum Gasteiger partial charge on any atom is -0.337 e. The SMILES string of the molecule is O=C(c1cccnn1)N1CCC[C@H](c2nccn2Cc2cscn2)C1. The first-order chi connectivity index (χ1) is 12.3. The summed E-state index contributed by atoms with van der Waals surface area (Å²) < 4.78 is 2.13. The molecule has 128 valence electrons. The topological polar surface area (TPSA) is 76.8 Å². The van der Waals surface area contributed by atoms with Crippen LogP contribution in [-0.4, -0.2) is 48.6 Å². The summed E-state index contributed by atoms with van der Waals surface area (Å²) in [4.78, 5) is 23.4. The van der Waals surface area contributed by atoms with Crippen molar-refractivity contribution in [3.63, 3.8) is 0 Å². The lowest BCUT2D eigenvalue weighted by molar-refractivity contribution is 0.0696. The van der Waals surface area contributed by atoms with Gasteiger partial charge in [-0.1, -0.05) is 0 Å². The Kier molecular flexibility index (Phi) is 4.51. The largest absolute Gasteiger partial charge is 0.337 e. The number of nitrogens with zero attached hydrogens (tertiary/aromatic N) is 6. The fourth-order valence-corrected chi connectivity index (χ4v) is 3.80. The van der Waals surface area contributed by atoms with Gasteiger partial charge in [0, 0.05) is 43.0 Å². The number of hydrogen-bond donors (Lipinski definition) is 0. The van der Waals surface area contributed by atoms with Crippen molar-refractivity contribution < 1.29 is 4.79 Å². The normalized spacial score (nSPS) is 17.6. The molecule has 0 aliphatic carbocycles. The molecule has 1 atom stereocenters. The van der Waals surface area contributed by atoms with Gasteiger partial charge in [0.15, 0.2) is 5.69 Å². The Labute approximate surface area is 149 Å². The molecule has 3 aromatic rings. The number of rotatable bonds is 4. The Hall–Kier alpha value is -2.61. The van der Waals surface area contributed by atoms with Crippen molar-refractivity contribution in [2.75, 3.05) is 13.1 Å². The smallest absolute Gasteiger partial charge is 0.274 e. The van der Waals surface area contributed by atoms with E-state index < -0.39 is 0 Å². The molecule has 1 fully saturated rings. The number of imidazole rings is 1. The third-order valence-corrected chi connectivity index (χ3v) is 5.06. The summed E-state index contributed by atoms with van der Waals surface area (Å²) in [5, 5.41) is 9.80. The zero-order valence-electron chi connectivity index (χ0n) is 13.7. The van der Waals surface area contributed by atoms with E-state index in [-0.39, 0.29) is 11.8 Å². The summed E-state index contributed by atoms with van der Waals surface area (Å²) in [5.41, 5.74) is 3.27. The van der Waals surface area contributed by atoms with Crippen molar-refractivity contribution in [2.45, 2.75) is 25.3 Å². The Morgan fingerprint density at radius 2 is 2.28 bits per heavy atom. The molecule has 25 heavy (non-hydrogen) atoms. The Bertz CT molecular complexity index is 832. The van der Waals surface area contributed by atoms with E-state index in [1.54, 1.807) is 29.7 Å². The monoisotopic (exact) mass is 354 g/mol. The molecular weight excluding hydrogens is 336 g/mol. The zero-order chi connectivity index (χ0) is 17.1. The maximum Gasteiger partial charge on any atom is 0.274 e. The minimum atomic E-state index is -0.0598. The van der Waals surface area contributed by atoms with Crippen LogP contribution in [0.4, 0.5) is 0 Å². The van der Waals surface area contributed by atoms with Gasteiger partial charge < -0.3 is 9.47 Å². The molecule has 4 heterocycles. The highest BCUT2D eigenvalue weighted by atomic mass is 32.1. The zero-order valence-corrected chi connectivity index (χ0v) is 14.5. The third kappa shape index (κ3) is 3.43.